The Hall–Kier alpha value is -2.27. The number of nitro benzene ring substituents is 1. The molecular weight excluding hydrogens is 266 g/mol. The Morgan fingerprint density at radius 2 is 2.19 bits per heavy atom. The Bertz CT molecular complexity index is 628. The molecule has 5 nitrogen and oxygen atoms in total. The highest BCUT2D eigenvalue weighted by Crippen LogP contribution is 2.22. The number of aryl methyl sites for hydroxylation is 1. The summed E-state index contributed by atoms with van der Waals surface area (Å²) in [5.41, 5.74) is 3.40. The average Bonchev–Trinajstić information content (AvgIpc) is 2.50. The first-order valence-electron chi connectivity index (χ1n) is 6.99. The van der Waals surface area contributed by atoms with Crippen molar-refractivity contribution in [2.75, 3.05) is 0 Å². The van der Waals surface area contributed by atoms with Crippen LogP contribution in [0.25, 0.3) is 0 Å². The van der Waals surface area contributed by atoms with Gasteiger partial charge in [0.1, 0.15) is 0 Å². The molecule has 0 aliphatic heterocycles. The monoisotopic (exact) mass is 285 g/mol. The van der Waals surface area contributed by atoms with E-state index in [1.807, 2.05) is 25.3 Å². The van der Waals surface area contributed by atoms with E-state index in [1.54, 1.807) is 18.3 Å². The zero-order valence-electron chi connectivity index (χ0n) is 12.2. The molecule has 0 spiro atoms. The zero-order valence-corrected chi connectivity index (χ0v) is 12.2. The number of nitrogens with one attached hydrogen (secondary N) is 1. The van der Waals surface area contributed by atoms with Crippen LogP contribution >= 0.6 is 0 Å². The van der Waals surface area contributed by atoms with E-state index in [2.05, 4.69) is 17.2 Å². The summed E-state index contributed by atoms with van der Waals surface area (Å²) in [6.07, 6.45) is 4.48. The van der Waals surface area contributed by atoms with Crippen molar-refractivity contribution in [1.82, 2.24) is 10.3 Å². The molecule has 0 aliphatic rings. The molecule has 1 aromatic heterocycles. The largest absolute Gasteiger partial charge is 0.306 e. The van der Waals surface area contributed by atoms with Crippen LogP contribution < -0.4 is 5.32 Å². The molecule has 0 saturated heterocycles. The Labute approximate surface area is 124 Å². The van der Waals surface area contributed by atoms with Gasteiger partial charge in [0.2, 0.25) is 0 Å². The summed E-state index contributed by atoms with van der Waals surface area (Å²) in [6, 6.07) is 8.90. The highest BCUT2D eigenvalue weighted by molar-refractivity contribution is 5.36. The maximum Gasteiger partial charge on any atom is 0.269 e. The van der Waals surface area contributed by atoms with Crippen LogP contribution in [0.5, 0.6) is 0 Å². The molecule has 1 N–H and O–H groups in total. The van der Waals surface area contributed by atoms with Crippen molar-refractivity contribution in [1.29, 1.82) is 0 Å². The molecule has 5 heteroatoms. The van der Waals surface area contributed by atoms with Gasteiger partial charge in [-0.15, -0.1) is 0 Å². The molecule has 2 rings (SSSR count). The zero-order chi connectivity index (χ0) is 15.2. The topological polar surface area (TPSA) is 68.1 Å². The van der Waals surface area contributed by atoms with Gasteiger partial charge in [0.15, 0.2) is 0 Å². The fourth-order valence-corrected chi connectivity index (χ4v) is 2.29. The van der Waals surface area contributed by atoms with Crippen LogP contribution in [-0.4, -0.2) is 9.91 Å². The van der Waals surface area contributed by atoms with Crippen LogP contribution in [-0.2, 0) is 6.54 Å². The summed E-state index contributed by atoms with van der Waals surface area (Å²) < 4.78 is 0. The van der Waals surface area contributed by atoms with Gasteiger partial charge in [-0.1, -0.05) is 19.1 Å². The molecule has 0 amide bonds. The van der Waals surface area contributed by atoms with Crippen LogP contribution in [0, 0.1) is 17.0 Å². The molecule has 0 radical (unpaired) electrons. The first-order valence-corrected chi connectivity index (χ1v) is 6.99. The molecule has 1 unspecified atom stereocenters. The van der Waals surface area contributed by atoms with Crippen molar-refractivity contribution in [2.45, 2.75) is 32.9 Å². The maximum absolute atomic E-state index is 10.9. The Kier molecular flexibility index (Phi) is 5.00. The van der Waals surface area contributed by atoms with E-state index < -0.39 is 0 Å². The smallest absolute Gasteiger partial charge is 0.269 e. The third-order valence-corrected chi connectivity index (χ3v) is 3.57. The quantitative estimate of drug-likeness (QED) is 0.651. The average molecular weight is 285 g/mol. The lowest BCUT2D eigenvalue weighted by molar-refractivity contribution is -0.384. The molecule has 0 fully saturated rings. The molecule has 1 aromatic carbocycles. The highest BCUT2D eigenvalue weighted by atomic mass is 16.6. The van der Waals surface area contributed by atoms with Crippen molar-refractivity contribution in [3.63, 3.8) is 0 Å². The Balaban J connectivity index is 2.11. The van der Waals surface area contributed by atoms with Gasteiger partial charge in [0.05, 0.1) is 4.92 Å². The molecule has 2 aromatic rings. The fourth-order valence-electron chi connectivity index (χ4n) is 2.29. The summed E-state index contributed by atoms with van der Waals surface area (Å²) in [4.78, 5) is 14.6. The van der Waals surface area contributed by atoms with Crippen LogP contribution in [0.4, 0.5) is 5.69 Å². The summed E-state index contributed by atoms with van der Waals surface area (Å²) in [5, 5.41) is 14.3. The van der Waals surface area contributed by atoms with Gasteiger partial charge in [0, 0.05) is 37.1 Å². The van der Waals surface area contributed by atoms with Crippen LogP contribution in [0.1, 0.15) is 36.1 Å². The standard InChI is InChI=1S/C16H19N3O2/c1-3-16(13-5-4-6-15(9-13)19(20)21)18-11-14-7-8-17-10-12(14)2/h4-10,16,18H,3,11H2,1-2H3. The number of rotatable bonds is 6. The minimum Gasteiger partial charge on any atom is -0.306 e. The molecule has 0 bridgehead atoms. The molecule has 0 saturated carbocycles. The maximum atomic E-state index is 10.9. The van der Waals surface area contributed by atoms with Gasteiger partial charge in [-0.25, -0.2) is 0 Å². The fraction of sp³-hybridized carbons (Fsp3) is 0.312. The number of aromatic nitrogens is 1. The molecule has 1 atom stereocenters. The number of benzene rings is 1. The predicted molar refractivity (Wildman–Crippen MR) is 81.9 cm³/mol. The third kappa shape index (κ3) is 3.86. The molecule has 1 heterocycles. The molecule has 21 heavy (non-hydrogen) atoms. The second kappa shape index (κ2) is 6.95. The lowest BCUT2D eigenvalue weighted by Gasteiger charge is -2.18. The number of nitro groups is 1. The first kappa shape index (κ1) is 15.1. The van der Waals surface area contributed by atoms with E-state index in [9.17, 15) is 10.1 Å². The number of hydrogen-bond acceptors (Lipinski definition) is 4. The summed E-state index contributed by atoms with van der Waals surface area (Å²) in [6.45, 7) is 4.81. The lowest BCUT2D eigenvalue weighted by Crippen LogP contribution is -2.20. The van der Waals surface area contributed by atoms with E-state index >= 15 is 0 Å². The third-order valence-electron chi connectivity index (χ3n) is 3.57. The minimum absolute atomic E-state index is 0.0949. The summed E-state index contributed by atoms with van der Waals surface area (Å²) >= 11 is 0. The number of non-ortho nitro benzene ring substituents is 1. The van der Waals surface area contributed by atoms with E-state index in [0.717, 1.165) is 24.1 Å². The Morgan fingerprint density at radius 3 is 2.86 bits per heavy atom. The van der Waals surface area contributed by atoms with Gasteiger partial charge in [-0.05, 0) is 36.1 Å². The second-order valence-electron chi connectivity index (χ2n) is 5.00. The van der Waals surface area contributed by atoms with Crippen LogP contribution in [0.3, 0.4) is 0 Å². The van der Waals surface area contributed by atoms with Crippen molar-refractivity contribution >= 4 is 5.69 Å². The van der Waals surface area contributed by atoms with E-state index in [4.69, 9.17) is 0 Å². The molecule has 110 valence electrons. The van der Waals surface area contributed by atoms with E-state index in [-0.39, 0.29) is 16.7 Å². The van der Waals surface area contributed by atoms with Crippen molar-refractivity contribution in [3.8, 4) is 0 Å². The summed E-state index contributed by atoms with van der Waals surface area (Å²) in [7, 11) is 0. The Morgan fingerprint density at radius 1 is 1.38 bits per heavy atom. The molecular formula is C16H19N3O2. The van der Waals surface area contributed by atoms with E-state index in [1.165, 1.54) is 11.6 Å². The van der Waals surface area contributed by atoms with Crippen molar-refractivity contribution in [3.05, 3.63) is 69.5 Å². The normalized spacial score (nSPS) is 12.1. The molecule has 0 aliphatic carbocycles. The van der Waals surface area contributed by atoms with Gasteiger partial charge in [-0.2, -0.15) is 0 Å². The second-order valence-corrected chi connectivity index (χ2v) is 5.00. The summed E-state index contributed by atoms with van der Waals surface area (Å²) in [5.74, 6) is 0. The van der Waals surface area contributed by atoms with Crippen LogP contribution in [0.15, 0.2) is 42.7 Å². The SMILES string of the molecule is CCC(NCc1ccncc1C)c1cccc([N+](=O)[O-])c1. The van der Waals surface area contributed by atoms with Crippen LogP contribution in [0.2, 0.25) is 0 Å². The van der Waals surface area contributed by atoms with Gasteiger partial charge in [0.25, 0.3) is 5.69 Å². The van der Waals surface area contributed by atoms with Crippen molar-refractivity contribution < 1.29 is 4.92 Å². The van der Waals surface area contributed by atoms with Gasteiger partial charge >= 0.3 is 0 Å². The highest BCUT2D eigenvalue weighted by Gasteiger charge is 2.13. The number of hydrogen-bond donors (Lipinski definition) is 1. The van der Waals surface area contributed by atoms with Gasteiger partial charge in [-0.3, -0.25) is 15.1 Å². The number of pyridine rings is 1. The lowest BCUT2D eigenvalue weighted by atomic mass is 10.0. The van der Waals surface area contributed by atoms with E-state index in [0.29, 0.717) is 0 Å². The van der Waals surface area contributed by atoms with Crippen molar-refractivity contribution in [2.24, 2.45) is 0 Å². The minimum atomic E-state index is -0.358. The number of nitrogens with zero attached hydrogens (tertiary/aromatic N) is 2. The van der Waals surface area contributed by atoms with Gasteiger partial charge < -0.3 is 5.32 Å². The first-order chi connectivity index (χ1) is 10.1. The predicted octanol–water partition coefficient (Wildman–Crippen LogP) is 3.54.